The van der Waals surface area contributed by atoms with Gasteiger partial charge in [0.2, 0.25) is 0 Å². The topological polar surface area (TPSA) is 109 Å². The second-order valence-electron chi connectivity index (χ2n) is 6.84. The molecule has 1 aliphatic heterocycles. The number of hydrogen-bond donors (Lipinski definition) is 4. The van der Waals surface area contributed by atoms with Gasteiger partial charge in [-0.3, -0.25) is 0 Å². The number of aliphatic hydroxyl groups is 4. The predicted octanol–water partition coefficient (Wildman–Crippen LogP) is 0.613. The van der Waals surface area contributed by atoms with Crippen molar-refractivity contribution < 1.29 is 34.6 Å². The molecule has 0 amide bonds. The van der Waals surface area contributed by atoms with E-state index in [0.717, 1.165) is 25.0 Å². The lowest BCUT2D eigenvalue weighted by atomic mass is 9.99. The van der Waals surface area contributed by atoms with Crippen molar-refractivity contribution in [3.8, 4) is 5.75 Å². The van der Waals surface area contributed by atoms with Crippen LogP contribution in [-0.4, -0.2) is 70.4 Å². The fourth-order valence-corrected chi connectivity index (χ4v) is 2.84. The molecule has 0 saturated carbocycles. The molecule has 0 bridgehead atoms. The summed E-state index contributed by atoms with van der Waals surface area (Å²) < 4.78 is 16.4. The first kappa shape index (κ1) is 21.1. The van der Waals surface area contributed by atoms with Gasteiger partial charge in [0.15, 0.2) is 6.29 Å². The molecule has 1 heterocycles. The average molecular weight is 370 g/mol. The van der Waals surface area contributed by atoms with Crippen molar-refractivity contribution >= 4 is 0 Å². The van der Waals surface area contributed by atoms with Gasteiger partial charge in [0.1, 0.15) is 30.2 Å². The van der Waals surface area contributed by atoms with Crippen LogP contribution in [0.1, 0.15) is 32.3 Å². The fourth-order valence-electron chi connectivity index (χ4n) is 2.84. The van der Waals surface area contributed by atoms with Crippen LogP contribution in [0.5, 0.6) is 5.75 Å². The zero-order chi connectivity index (χ0) is 19.1. The molecule has 5 atom stereocenters. The van der Waals surface area contributed by atoms with Crippen molar-refractivity contribution in [2.24, 2.45) is 0 Å². The Morgan fingerprint density at radius 1 is 1.00 bits per heavy atom. The van der Waals surface area contributed by atoms with Crippen LogP contribution in [0.4, 0.5) is 0 Å². The first-order valence-electron chi connectivity index (χ1n) is 9.10. The highest BCUT2D eigenvalue weighted by Crippen LogP contribution is 2.22. The Hall–Kier alpha value is -1.22. The summed E-state index contributed by atoms with van der Waals surface area (Å²) >= 11 is 0. The van der Waals surface area contributed by atoms with Crippen LogP contribution in [0.15, 0.2) is 24.3 Å². The number of rotatable bonds is 9. The van der Waals surface area contributed by atoms with E-state index in [1.165, 1.54) is 5.56 Å². The zero-order valence-electron chi connectivity index (χ0n) is 15.3. The van der Waals surface area contributed by atoms with Gasteiger partial charge in [-0.1, -0.05) is 12.1 Å². The maximum absolute atomic E-state index is 9.89. The molecule has 1 aromatic rings. The van der Waals surface area contributed by atoms with E-state index in [-0.39, 0.29) is 6.10 Å². The number of hydrogen-bond acceptors (Lipinski definition) is 7. The summed E-state index contributed by atoms with van der Waals surface area (Å²) in [5.41, 5.74) is 1.20. The van der Waals surface area contributed by atoms with Gasteiger partial charge in [-0.15, -0.1) is 0 Å². The van der Waals surface area contributed by atoms with Crippen molar-refractivity contribution in [1.29, 1.82) is 0 Å². The number of aryl methyl sites for hydroxylation is 1. The first-order chi connectivity index (χ1) is 12.4. The molecule has 0 aliphatic carbocycles. The number of aliphatic hydroxyl groups excluding tert-OH is 4. The van der Waals surface area contributed by atoms with Crippen molar-refractivity contribution in [3.05, 3.63) is 29.8 Å². The fraction of sp³-hybridized carbons (Fsp3) is 0.684. The standard InChI is InChI=1S/C19H30O7/c1-12(2)25-14-8-6-13(7-9-14)5-3-4-10-24-19-18(23)17(22)16(21)15(11-20)26-19/h6-9,12,15-23H,3-5,10-11H2,1-2H3/t15-,16-,17+,18-,19-/m1/s1. The van der Waals surface area contributed by atoms with Gasteiger partial charge in [-0.25, -0.2) is 0 Å². The van der Waals surface area contributed by atoms with Crippen LogP contribution in [-0.2, 0) is 15.9 Å². The van der Waals surface area contributed by atoms with E-state index >= 15 is 0 Å². The highest BCUT2D eigenvalue weighted by molar-refractivity contribution is 5.27. The summed E-state index contributed by atoms with van der Waals surface area (Å²) in [6.45, 7) is 3.87. The van der Waals surface area contributed by atoms with Crippen molar-refractivity contribution in [2.75, 3.05) is 13.2 Å². The molecule has 7 nitrogen and oxygen atoms in total. The SMILES string of the molecule is CC(C)Oc1ccc(CCCCO[C@@H]2O[C@H](CO)[C@@H](O)[C@H](O)[C@H]2O)cc1. The lowest BCUT2D eigenvalue weighted by molar-refractivity contribution is -0.301. The van der Waals surface area contributed by atoms with E-state index in [1.807, 2.05) is 38.1 Å². The van der Waals surface area contributed by atoms with Crippen LogP contribution >= 0.6 is 0 Å². The van der Waals surface area contributed by atoms with Crippen LogP contribution < -0.4 is 4.74 Å². The van der Waals surface area contributed by atoms with Gasteiger partial charge in [0, 0.05) is 6.61 Å². The summed E-state index contributed by atoms with van der Waals surface area (Å²) in [7, 11) is 0. The largest absolute Gasteiger partial charge is 0.491 e. The molecule has 1 aliphatic rings. The van der Waals surface area contributed by atoms with E-state index < -0.39 is 37.3 Å². The molecular formula is C19H30O7. The Morgan fingerprint density at radius 2 is 1.69 bits per heavy atom. The highest BCUT2D eigenvalue weighted by Gasteiger charge is 2.43. The van der Waals surface area contributed by atoms with Crippen LogP contribution in [0.2, 0.25) is 0 Å². The molecular weight excluding hydrogens is 340 g/mol. The van der Waals surface area contributed by atoms with E-state index in [0.29, 0.717) is 6.61 Å². The van der Waals surface area contributed by atoms with E-state index in [9.17, 15) is 15.3 Å². The van der Waals surface area contributed by atoms with Crippen molar-refractivity contribution in [2.45, 2.75) is 69.9 Å². The Labute approximate surface area is 154 Å². The van der Waals surface area contributed by atoms with E-state index in [2.05, 4.69) is 0 Å². The van der Waals surface area contributed by atoms with Gasteiger partial charge in [-0.2, -0.15) is 0 Å². The summed E-state index contributed by atoms with van der Waals surface area (Å²) in [6.07, 6.45) is -3.43. The van der Waals surface area contributed by atoms with Crippen LogP contribution in [0.3, 0.4) is 0 Å². The lowest BCUT2D eigenvalue weighted by Gasteiger charge is -2.39. The Kier molecular flexibility index (Phi) is 8.27. The second-order valence-corrected chi connectivity index (χ2v) is 6.84. The third-order valence-electron chi connectivity index (χ3n) is 4.29. The van der Waals surface area contributed by atoms with Crippen LogP contribution in [0.25, 0.3) is 0 Å². The smallest absolute Gasteiger partial charge is 0.186 e. The van der Waals surface area contributed by atoms with Crippen LogP contribution in [0, 0.1) is 0 Å². The van der Waals surface area contributed by atoms with Crippen molar-refractivity contribution in [3.63, 3.8) is 0 Å². The lowest BCUT2D eigenvalue weighted by Crippen LogP contribution is -2.59. The molecule has 0 unspecified atom stereocenters. The van der Waals surface area contributed by atoms with E-state index in [4.69, 9.17) is 19.3 Å². The first-order valence-corrected chi connectivity index (χ1v) is 9.10. The molecule has 1 saturated heterocycles. The second kappa shape index (κ2) is 10.2. The van der Waals surface area contributed by atoms with E-state index in [1.54, 1.807) is 0 Å². The van der Waals surface area contributed by atoms with Gasteiger partial charge >= 0.3 is 0 Å². The Morgan fingerprint density at radius 3 is 2.31 bits per heavy atom. The Balaban J connectivity index is 1.68. The third-order valence-corrected chi connectivity index (χ3v) is 4.29. The molecule has 7 heteroatoms. The molecule has 4 N–H and O–H groups in total. The molecule has 148 valence electrons. The minimum atomic E-state index is -1.41. The minimum absolute atomic E-state index is 0.153. The molecule has 1 fully saturated rings. The molecule has 2 rings (SSSR count). The molecule has 26 heavy (non-hydrogen) atoms. The molecule has 0 radical (unpaired) electrons. The van der Waals surface area contributed by atoms with Gasteiger partial charge < -0.3 is 34.6 Å². The quantitative estimate of drug-likeness (QED) is 0.472. The average Bonchev–Trinajstić information content (AvgIpc) is 2.62. The summed E-state index contributed by atoms with van der Waals surface area (Å²) in [6, 6.07) is 7.99. The van der Waals surface area contributed by atoms with Gasteiger partial charge in [0.05, 0.1) is 12.7 Å². The number of ether oxygens (including phenoxy) is 3. The highest BCUT2D eigenvalue weighted by atomic mass is 16.7. The minimum Gasteiger partial charge on any atom is -0.491 e. The molecule has 0 spiro atoms. The maximum atomic E-state index is 9.89. The number of benzene rings is 1. The normalized spacial score (nSPS) is 29.1. The molecule has 0 aromatic heterocycles. The van der Waals surface area contributed by atoms with Gasteiger partial charge in [-0.05, 0) is 50.8 Å². The van der Waals surface area contributed by atoms with Gasteiger partial charge in [0.25, 0.3) is 0 Å². The summed E-state index contributed by atoms with van der Waals surface area (Å²) in [5, 5.41) is 38.5. The Bertz CT molecular complexity index is 517. The number of unbranched alkanes of at least 4 members (excludes halogenated alkanes) is 1. The summed E-state index contributed by atoms with van der Waals surface area (Å²) in [5.74, 6) is 0.856. The zero-order valence-corrected chi connectivity index (χ0v) is 15.3. The molecule has 1 aromatic carbocycles. The monoisotopic (exact) mass is 370 g/mol. The maximum Gasteiger partial charge on any atom is 0.186 e. The predicted molar refractivity (Wildman–Crippen MR) is 94.9 cm³/mol. The third kappa shape index (κ3) is 5.90. The van der Waals surface area contributed by atoms with Crippen molar-refractivity contribution in [1.82, 2.24) is 0 Å². The summed E-state index contributed by atoms with van der Waals surface area (Å²) in [4.78, 5) is 0.